The van der Waals surface area contributed by atoms with Crippen molar-refractivity contribution in [3.8, 4) is 0 Å². The van der Waals surface area contributed by atoms with Gasteiger partial charge in [0.1, 0.15) is 0 Å². The summed E-state index contributed by atoms with van der Waals surface area (Å²) in [5, 5.41) is 5.52. The minimum Gasteiger partial charge on any atom is -0.399 e. The van der Waals surface area contributed by atoms with Crippen LogP contribution in [-0.2, 0) is 6.54 Å². The summed E-state index contributed by atoms with van der Waals surface area (Å²) in [6.07, 6.45) is 0. The van der Waals surface area contributed by atoms with Gasteiger partial charge < -0.3 is 11.1 Å². The van der Waals surface area contributed by atoms with Crippen LogP contribution in [0.5, 0.6) is 0 Å². The lowest BCUT2D eigenvalue weighted by Gasteiger charge is -2.08. The number of nitrogen functional groups attached to an aromatic ring is 1. The van der Waals surface area contributed by atoms with E-state index in [1.807, 2.05) is 12.1 Å². The Morgan fingerprint density at radius 2 is 2.06 bits per heavy atom. The summed E-state index contributed by atoms with van der Waals surface area (Å²) in [6, 6.07) is 8.20. The molecule has 0 bridgehead atoms. The van der Waals surface area contributed by atoms with E-state index in [0.29, 0.717) is 0 Å². The van der Waals surface area contributed by atoms with Gasteiger partial charge in [-0.25, -0.2) is 0 Å². The third kappa shape index (κ3) is 2.55. The minimum absolute atomic E-state index is 0.811. The van der Waals surface area contributed by atoms with Gasteiger partial charge in [0.15, 0.2) is 0 Å². The number of thiophene rings is 1. The topological polar surface area (TPSA) is 38.0 Å². The molecule has 0 aliphatic heterocycles. The van der Waals surface area contributed by atoms with E-state index in [0.717, 1.165) is 17.9 Å². The number of benzene rings is 1. The zero-order chi connectivity index (χ0) is 11.5. The first kappa shape index (κ1) is 11.0. The van der Waals surface area contributed by atoms with Gasteiger partial charge in [-0.15, -0.1) is 11.3 Å². The van der Waals surface area contributed by atoms with Crippen LogP contribution in [0.2, 0.25) is 0 Å². The number of nitrogens with two attached hydrogens (primary N) is 1. The van der Waals surface area contributed by atoms with Crippen molar-refractivity contribution in [3.05, 3.63) is 45.6 Å². The molecule has 3 N–H and O–H groups in total. The summed E-state index contributed by atoms with van der Waals surface area (Å²) in [5.41, 5.74) is 10.2. The van der Waals surface area contributed by atoms with E-state index in [4.69, 9.17) is 5.73 Å². The molecule has 84 valence electrons. The van der Waals surface area contributed by atoms with Gasteiger partial charge in [0, 0.05) is 22.8 Å². The fourth-order valence-corrected chi connectivity index (χ4v) is 2.53. The van der Waals surface area contributed by atoms with Crippen LogP contribution in [-0.4, -0.2) is 0 Å². The fraction of sp³-hybridized carbons (Fsp3) is 0.231. The van der Waals surface area contributed by atoms with Crippen molar-refractivity contribution in [2.75, 3.05) is 11.1 Å². The van der Waals surface area contributed by atoms with Crippen molar-refractivity contribution >= 4 is 22.7 Å². The first-order chi connectivity index (χ1) is 7.65. The first-order valence-electron chi connectivity index (χ1n) is 5.29. The van der Waals surface area contributed by atoms with Crippen molar-refractivity contribution in [3.63, 3.8) is 0 Å². The molecule has 2 nitrogen and oxygen atoms in total. The Kier molecular flexibility index (Phi) is 3.15. The van der Waals surface area contributed by atoms with E-state index in [1.54, 1.807) is 11.3 Å². The van der Waals surface area contributed by atoms with Crippen LogP contribution in [0.1, 0.15) is 16.0 Å². The average molecular weight is 232 g/mol. The highest BCUT2D eigenvalue weighted by molar-refractivity contribution is 7.10. The van der Waals surface area contributed by atoms with Gasteiger partial charge >= 0.3 is 0 Å². The van der Waals surface area contributed by atoms with Crippen LogP contribution in [0, 0.1) is 13.8 Å². The Hall–Kier alpha value is -1.48. The summed E-state index contributed by atoms with van der Waals surface area (Å²) < 4.78 is 0. The second-order valence-corrected chi connectivity index (χ2v) is 5.01. The lowest BCUT2D eigenvalue weighted by atomic mass is 10.2. The van der Waals surface area contributed by atoms with E-state index in [1.165, 1.54) is 16.0 Å². The third-order valence-corrected chi connectivity index (χ3v) is 3.54. The van der Waals surface area contributed by atoms with E-state index < -0.39 is 0 Å². The molecule has 0 fully saturated rings. The van der Waals surface area contributed by atoms with Gasteiger partial charge in [0.05, 0.1) is 0 Å². The second kappa shape index (κ2) is 4.58. The largest absolute Gasteiger partial charge is 0.399 e. The normalized spacial score (nSPS) is 10.4. The molecule has 0 spiro atoms. The van der Waals surface area contributed by atoms with Crippen LogP contribution < -0.4 is 11.1 Å². The van der Waals surface area contributed by atoms with Crippen LogP contribution in [0.25, 0.3) is 0 Å². The van der Waals surface area contributed by atoms with Gasteiger partial charge in [0.2, 0.25) is 0 Å². The number of hydrogen-bond donors (Lipinski definition) is 2. The highest BCUT2D eigenvalue weighted by Crippen LogP contribution is 2.20. The summed E-state index contributed by atoms with van der Waals surface area (Å²) in [6.45, 7) is 5.06. The monoisotopic (exact) mass is 232 g/mol. The highest BCUT2D eigenvalue weighted by atomic mass is 32.1. The third-order valence-electron chi connectivity index (χ3n) is 2.52. The van der Waals surface area contributed by atoms with E-state index >= 15 is 0 Å². The smallest absolute Gasteiger partial charge is 0.0496 e. The summed E-state index contributed by atoms with van der Waals surface area (Å²) in [5.74, 6) is 0. The Labute approximate surface area is 100 Å². The average Bonchev–Trinajstić information content (AvgIpc) is 2.59. The van der Waals surface area contributed by atoms with Gasteiger partial charge in [-0.1, -0.05) is 0 Å². The van der Waals surface area contributed by atoms with Crippen LogP contribution >= 0.6 is 11.3 Å². The molecule has 16 heavy (non-hydrogen) atoms. The Morgan fingerprint density at radius 3 is 2.69 bits per heavy atom. The number of hydrogen-bond acceptors (Lipinski definition) is 3. The molecule has 0 atom stereocenters. The van der Waals surface area contributed by atoms with Gasteiger partial charge in [0.25, 0.3) is 0 Å². The van der Waals surface area contributed by atoms with Crippen molar-refractivity contribution in [2.45, 2.75) is 20.4 Å². The number of nitrogens with one attached hydrogen (secondary N) is 1. The molecular weight excluding hydrogens is 216 g/mol. The van der Waals surface area contributed by atoms with Crippen molar-refractivity contribution in [1.82, 2.24) is 0 Å². The van der Waals surface area contributed by atoms with Gasteiger partial charge in [-0.3, -0.25) is 0 Å². The Bertz CT molecular complexity index is 468. The van der Waals surface area contributed by atoms with Crippen LogP contribution in [0.4, 0.5) is 11.4 Å². The molecule has 0 radical (unpaired) electrons. The van der Waals surface area contributed by atoms with Crippen LogP contribution in [0.15, 0.2) is 29.6 Å². The first-order valence-corrected chi connectivity index (χ1v) is 6.17. The Morgan fingerprint density at radius 1 is 1.25 bits per heavy atom. The molecule has 1 aromatic carbocycles. The second-order valence-electron chi connectivity index (χ2n) is 4.01. The molecule has 1 aromatic heterocycles. The van der Waals surface area contributed by atoms with Crippen LogP contribution in [0.3, 0.4) is 0 Å². The standard InChI is InChI=1S/C13H16N2S/c1-9-5-11(14)7-12(6-9)15-8-13-10(2)3-4-16-13/h3-7,15H,8,14H2,1-2H3. The molecule has 0 unspecified atom stereocenters. The van der Waals surface area contributed by atoms with E-state index in [-0.39, 0.29) is 0 Å². The molecular formula is C13H16N2S. The van der Waals surface area contributed by atoms with E-state index in [2.05, 4.69) is 36.7 Å². The summed E-state index contributed by atoms with van der Waals surface area (Å²) in [7, 11) is 0. The zero-order valence-corrected chi connectivity index (χ0v) is 10.4. The molecule has 0 amide bonds. The maximum absolute atomic E-state index is 5.80. The molecule has 0 saturated carbocycles. The van der Waals surface area contributed by atoms with Crippen molar-refractivity contribution < 1.29 is 0 Å². The maximum atomic E-state index is 5.80. The number of rotatable bonds is 3. The lowest BCUT2D eigenvalue weighted by Crippen LogP contribution is -2.00. The predicted octanol–water partition coefficient (Wildman–Crippen LogP) is 3.56. The number of anilines is 2. The van der Waals surface area contributed by atoms with Gasteiger partial charge in [-0.05, 0) is 54.6 Å². The summed E-state index contributed by atoms with van der Waals surface area (Å²) in [4.78, 5) is 1.38. The maximum Gasteiger partial charge on any atom is 0.0496 e. The lowest BCUT2D eigenvalue weighted by molar-refractivity contribution is 1.16. The van der Waals surface area contributed by atoms with Crippen molar-refractivity contribution in [1.29, 1.82) is 0 Å². The van der Waals surface area contributed by atoms with E-state index in [9.17, 15) is 0 Å². The highest BCUT2D eigenvalue weighted by Gasteiger charge is 2.00. The molecule has 0 saturated heterocycles. The van der Waals surface area contributed by atoms with Gasteiger partial charge in [-0.2, -0.15) is 0 Å². The molecule has 1 heterocycles. The SMILES string of the molecule is Cc1cc(N)cc(NCc2sccc2C)c1. The number of aryl methyl sites for hydroxylation is 2. The summed E-state index contributed by atoms with van der Waals surface area (Å²) >= 11 is 1.78. The molecule has 3 heteroatoms. The molecule has 0 aliphatic carbocycles. The molecule has 2 aromatic rings. The molecule has 2 rings (SSSR count). The molecule has 0 aliphatic rings. The minimum atomic E-state index is 0.811. The fourth-order valence-electron chi connectivity index (χ4n) is 1.68. The predicted molar refractivity (Wildman–Crippen MR) is 72.0 cm³/mol. The zero-order valence-electron chi connectivity index (χ0n) is 9.58. The quantitative estimate of drug-likeness (QED) is 0.794. The van der Waals surface area contributed by atoms with Crippen molar-refractivity contribution in [2.24, 2.45) is 0 Å². The Balaban J connectivity index is 2.07.